The smallest absolute Gasteiger partial charge is 0.179 e. The number of ether oxygens (including phenoxy) is 1. The van der Waals surface area contributed by atoms with Crippen LogP contribution in [-0.2, 0) is 11.2 Å². The fourth-order valence-electron chi connectivity index (χ4n) is 2.49. The molecule has 3 nitrogen and oxygen atoms in total. The van der Waals surface area contributed by atoms with Gasteiger partial charge in [0.25, 0.3) is 0 Å². The molecular formula is C16H23NO2. The number of carbonyl (C=O) groups excluding carboxylic acids is 1. The van der Waals surface area contributed by atoms with Crippen LogP contribution in [0.3, 0.4) is 0 Å². The lowest BCUT2D eigenvalue weighted by Gasteiger charge is -2.28. The summed E-state index contributed by atoms with van der Waals surface area (Å²) in [5.41, 5.74) is 2.07. The largest absolute Gasteiger partial charge is 0.380 e. The Labute approximate surface area is 115 Å². The highest BCUT2D eigenvalue weighted by Crippen LogP contribution is 2.16. The van der Waals surface area contributed by atoms with Crippen LogP contribution in [0.1, 0.15) is 36.2 Å². The Bertz CT molecular complexity index is 421. The molecule has 1 aliphatic rings. The number of benzene rings is 1. The van der Waals surface area contributed by atoms with Crippen molar-refractivity contribution in [2.24, 2.45) is 0 Å². The van der Waals surface area contributed by atoms with Crippen LogP contribution in [0, 0.1) is 0 Å². The van der Waals surface area contributed by atoms with Gasteiger partial charge in [0.15, 0.2) is 5.78 Å². The van der Waals surface area contributed by atoms with Crippen molar-refractivity contribution < 1.29 is 9.53 Å². The first kappa shape index (κ1) is 14.2. The highest BCUT2D eigenvalue weighted by molar-refractivity contribution is 5.99. The lowest BCUT2D eigenvalue weighted by Crippen LogP contribution is -2.43. The molecular weight excluding hydrogens is 238 g/mol. The SMILES string of the molecule is CCc1ccc(C(=O)C(C)N(C)C2CCOC2)cc1. The van der Waals surface area contributed by atoms with Crippen molar-refractivity contribution >= 4 is 5.78 Å². The van der Waals surface area contributed by atoms with E-state index in [1.54, 1.807) is 0 Å². The molecule has 2 atom stereocenters. The van der Waals surface area contributed by atoms with Gasteiger partial charge in [-0.1, -0.05) is 31.2 Å². The summed E-state index contributed by atoms with van der Waals surface area (Å²) in [4.78, 5) is 14.6. The molecule has 1 aromatic carbocycles. The van der Waals surface area contributed by atoms with Crippen molar-refractivity contribution in [3.8, 4) is 0 Å². The first-order valence-corrected chi connectivity index (χ1v) is 7.06. The molecule has 19 heavy (non-hydrogen) atoms. The third-order valence-electron chi connectivity index (χ3n) is 4.12. The maximum absolute atomic E-state index is 12.5. The Kier molecular flexibility index (Phi) is 4.72. The zero-order valence-corrected chi connectivity index (χ0v) is 12.1. The van der Waals surface area contributed by atoms with Gasteiger partial charge >= 0.3 is 0 Å². The summed E-state index contributed by atoms with van der Waals surface area (Å²) in [5.74, 6) is 0.192. The maximum Gasteiger partial charge on any atom is 0.179 e. The van der Waals surface area contributed by atoms with Crippen LogP contribution >= 0.6 is 0 Å². The third kappa shape index (κ3) is 3.23. The molecule has 104 valence electrons. The van der Waals surface area contributed by atoms with Gasteiger partial charge in [-0.15, -0.1) is 0 Å². The number of Topliss-reactive ketones (excluding diaryl/α,β-unsaturated/α-hetero) is 1. The zero-order valence-electron chi connectivity index (χ0n) is 12.1. The average molecular weight is 261 g/mol. The summed E-state index contributed by atoms with van der Waals surface area (Å²) in [6, 6.07) is 8.23. The summed E-state index contributed by atoms with van der Waals surface area (Å²) in [6.07, 6.45) is 2.02. The molecule has 2 unspecified atom stereocenters. The van der Waals surface area contributed by atoms with Crippen molar-refractivity contribution in [3.63, 3.8) is 0 Å². The lowest BCUT2D eigenvalue weighted by molar-refractivity contribution is 0.0795. The van der Waals surface area contributed by atoms with E-state index >= 15 is 0 Å². The van der Waals surface area contributed by atoms with Gasteiger partial charge in [0.2, 0.25) is 0 Å². The van der Waals surface area contributed by atoms with E-state index in [1.807, 2.05) is 38.2 Å². The molecule has 1 aromatic rings. The van der Waals surface area contributed by atoms with Gasteiger partial charge in [-0.3, -0.25) is 9.69 Å². The van der Waals surface area contributed by atoms with E-state index in [-0.39, 0.29) is 11.8 Å². The van der Waals surface area contributed by atoms with Crippen LogP contribution in [0.5, 0.6) is 0 Å². The van der Waals surface area contributed by atoms with E-state index in [1.165, 1.54) is 5.56 Å². The number of ketones is 1. The quantitative estimate of drug-likeness (QED) is 0.763. The zero-order chi connectivity index (χ0) is 13.8. The van der Waals surface area contributed by atoms with Crippen LogP contribution in [0.4, 0.5) is 0 Å². The van der Waals surface area contributed by atoms with Crippen molar-refractivity contribution in [2.75, 3.05) is 20.3 Å². The van der Waals surface area contributed by atoms with E-state index in [9.17, 15) is 4.79 Å². The second-order valence-corrected chi connectivity index (χ2v) is 5.27. The second kappa shape index (κ2) is 6.31. The van der Waals surface area contributed by atoms with Crippen LogP contribution in [0.2, 0.25) is 0 Å². The topological polar surface area (TPSA) is 29.5 Å². The number of hydrogen-bond donors (Lipinski definition) is 0. The number of aryl methyl sites for hydroxylation is 1. The first-order chi connectivity index (χ1) is 9.13. The van der Waals surface area contributed by atoms with Crippen LogP contribution in [-0.4, -0.2) is 43.0 Å². The monoisotopic (exact) mass is 261 g/mol. The Morgan fingerprint density at radius 3 is 2.63 bits per heavy atom. The number of hydrogen-bond acceptors (Lipinski definition) is 3. The predicted molar refractivity (Wildman–Crippen MR) is 76.6 cm³/mol. The van der Waals surface area contributed by atoms with Crippen molar-refractivity contribution in [3.05, 3.63) is 35.4 Å². The van der Waals surface area contributed by atoms with Gasteiger partial charge < -0.3 is 4.74 Å². The third-order valence-corrected chi connectivity index (χ3v) is 4.12. The van der Waals surface area contributed by atoms with Gasteiger partial charge in [-0.25, -0.2) is 0 Å². The number of rotatable bonds is 5. The van der Waals surface area contributed by atoms with Gasteiger partial charge in [-0.05, 0) is 32.4 Å². The molecule has 1 aliphatic heterocycles. The molecule has 0 amide bonds. The van der Waals surface area contributed by atoms with E-state index in [0.29, 0.717) is 6.04 Å². The molecule has 3 heteroatoms. The molecule has 0 spiro atoms. The Morgan fingerprint density at radius 1 is 1.42 bits per heavy atom. The normalized spacial score (nSPS) is 20.7. The summed E-state index contributed by atoms with van der Waals surface area (Å²) < 4.78 is 5.39. The van der Waals surface area contributed by atoms with E-state index in [4.69, 9.17) is 4.74 Å². The number of carbonyl (C=O) groups is 1. The molecule has 0 bridgehead atoms. The minimum absolute atomic E-state index is 0.0980. The van der Waals surface area contributed by atoms with Crippen molar-refractivity contribution in [2.45, 2.75) is 38.8 Å². The molecule has 1 saturated heterocycles. The minimum atomic E-state index is -0.0980. The second-order valence-electron chi connectivity index (χ2n) is 5.27. The van der Waals surface area contributed by atoms with Crippen LogP contribution in [0.25, 0.3) is 0 Å². The fourth-order valence-corrected chi connectivity index (χ4v) is 2.49. The van der Waals surface area contributed by atoms with Gasteiger partial charge in [0, 0.05) is 18.2 Å². The number of nitrogens with zero attached hydrogens (tertiary/aromatic N) is 1. The first-order valence-electron chi connectivity index (χ1n) is 7.06. The van der Waals surface area contributed by atoms with Crippen molar-refractivity contribution in [1.82, 2.24) is 4.90 Å². The standard InChI is InChI=1S/C16H23NO2/c1-4-13-5-7-14(8-6-13)16(18)12(2)17(3)15-9-10-19-11-15/h5-8,12,15H,4,9-11H2,1-3H3. The molecule has 0 radical (unpaired) electrons. The van der Waals surface area contributed by atoms with Crippen LogP contribution in [0.15, 0.2) is 24.3 Å². The molecule has 0 aliphatic carbocycles. The highest BCUT2D eigenvalue weighted by Gasteiger charge is 2.28. The number of likely N-dealkylation sites (N-methyl/N-ethyl adjacent to an activating group) is 1. The summed E-state index contributed by atoms with van der Waals surface area (Å²) in [5, 5.41) is 0. The molecule has 1 fully saturated rings. The van der Waals surface area contributed by atoms with Crippen LogP contribution < -0.4 is 0 Å². The Morgan fingerprint density at radius 2 is 2.11 bits per heavy atom. The maximum atomic E-state index is 12.5. The lowest BCUT2D eigenvalue weighted by atomic mass is 10.0. The summed E-state index contributed by atoms with van der Waals surface area (Å²) in [7, 11) is 2.02. The van der Waals surface area contributed by atoms with Gasteiger partial charge in [0.05, 0.1) is 12.6 Å². The Hall–Kier alpha value is -1.19. The predicted octanol–water partition coefficient (Wildman–Crippen LogP) is 2.54. The fraction of sp³-hybridized carbons (Fsp3) is 0.562. The highest BCUT2D eigenvalue weighted by atomic mass is 16.5. The summed E-state index contributed by atoms with van der Waals surface area (Å²) in [6.45, 7) is 5.64. The van der Waals surface area contributed by atoms with E-state index < -0.39 is 0 Å². The Balaban J connectivity index is 2.04. The molecule has 0 N–H and O–H groups in total. The molecule has 1 heterocycles. The van der Waals surface area contributed by atoms with E-state index in [0.717, 1.165) is 31.6 Å². The average Bonchev–Trinajstić information content (AvgIpc) is 2.99. The summed E-state index contributed by atoms with van der Waals surface area (Å²) >= 11 is 0. The minimum Gasteiger partial charge on any atom is -0.380 e. The van der Waals surface area contributed by atoms with Gasteiger partial charge in [0.1, 0.15) is 0 Å². The molecule has 2 rings (SSSR count). The molecule has 0 saturated carbocycles. The van der Waals surface area contributed by atoms with Gasteiger partial charge in [-0.2, -0.15) is 0 Å². The van der Waals surface area contributed by atoms with E-state index in [2.05, 4.69) is 11.8 Å². The molecule has 0 aromatic heterocycles. The van der Waals surface area contributed by atoms with Crippen molar-refractivity contribution in [1.29, 1.82) is 0 Å².